The maximum Gasteiger partial charge on any atom is 0.334 e. The highest BCUT2D eigenvalue weighted by molar-refractivity contribution is 5.91. The number of hydrogen-bond donors (Lipinski definition) is 1. The molecule has 34 heavy (non-hydrogen) atoms. The van der Waals surface area contributed by atoms with Crippen LogP contribution in [0.5, 0.6) is 0 Å². The summed E-state index contributed by atoms with van der Waals surface area (Å²) in [7, 11) is 1.69. The number of nitrogens with one attached hydrogen (secondary N) is 1. The van der Waals surface area contributed by atoms with Crippen LogP contribution < -0.4 is 5.32 Å². The predicted molar refractivity (Wildman–Crippen MR) is 124 cm³/mol. The van der Waals surface area contributed by atoms with E-state index in [-0.39, 0.29) is 43.3 Å². The van der Waals surface area contributed by atoms with E-state index in [4.69, 9.17) is 0 Å². The molecule has 2 heterocycles. The second kappa shape index (κ2) is 10.2. The highest BCUT2D eigenvalue weighted by Gasteiger charge is 2.50. The molecule has 2 aliphatic rings. The highest BCUT2D eigenvalue weighted by Crippen LogP contribution is 2.28. The van der Waals surface area contributed by atoms with Gasteiger partial charge in [0.2, 0.25) is 11.8 Å². The van der Waals surface area contributed by atoms with Gasteiger partial charge < -0.3 is 15.1 Å². The molecule has 0 aliphatic carbocycles. The SMILES string of the molecule is CCC[C@H]1C(=O)N(Cc2ccccc2)C[C@H]2N1C(=O)CN(C)N2C(=O)NCc1ccc(F)cc1. The van der Waals surface area contributed by atoms with E-state index in [9.17, 15) is 18.8 Å². The van der Waals surface area contributed by atoms with E-state index < -0.39 is 12.2 Å². The summed E-state index contributed by atoms with van der Waals surface area (Å²) < 4.78 is 13.2. The number of hydrogen-bond acceptors (Lipinski definition) is 4. The lowest BCUT2D eigenvalue weighted by molar-refractivity contribution is -0.188. The van der Waals surface area contributed by atoms with E-state index in [1.54, 1.807) is 34.0 Å². The van der Waals surface area contributed by atoms with Crippen molar-refractivity contribution in [2.75, 3.05) is 20.1 Å². The van der Waals surface area contributed by atoms with Gasteiger partial charge in [-0.15, -0.1) is 0 Å². The molecular weight excluding hydrogens is 437 g/mol. The smallest absolute Gasteiger partial charge is 0.333 e. The second-order valence-electron chi connectivity index (χ2n) is 8.74. The largest absolute Gasteiger partial charge is 0.334 e. The van der Waals surface area contributed by atoms with Gasteiger partial charge in [0.1, 0.15) is 18.0 Å². The monoisotopic (exact) mass is 467 g/mol. The van der Waals surface area contributed by atoms with E-state index >= 15 is 0 Å². The number of amides is 4. The molecule has 0 bridgehead atoms. The van der Waals surface area contributed by atoms with Crippen LogP contribution in [0, 0.1) is 5.82 Å². The normalized spacial score (nSPS) is 21.0. The fraction of sp³-hybridized carbons (Fsp3) is 0.400. The van der Waals surface area contributed by atoms with Crippen LogP contribution in [0.15, 0.2) is 54.6 Å². The third-order valence-corrected chi connectivity index (χ3v) is 6.28. The average molecular weight is 468 g/mol. The number of urea groups is 1. The van der Waals surface area contributed by atoms with Gasteiger partial charge in [0.25, 0.3) is 0 Å². The summed E-state index contributed by atoms with van der Waals surface area (Å²) in [5.41, 5.74) is 1.75. The molecule has 2 aromatic carbocycles. The number of piperazine rings is 1. The summed E-state index contributed by atoms with van der Waals surface area (Å²) in [5.74, 6) is -0.597. The third-order valence-electron chi connectivity index (χ3n) is 6.28. The predicted octanol–water partition coefficient (Wildman–Crippen LogP) is 2.56. The summed E-state index contributed by atoms with van der Waals surface area (Å²) >= 11 is 0. The Bertz CT molecular complexity index is 1030. The Balaban J connectivity index is 1.58. The molecule has 2 aromatic rings. The molecule has 4 amide bonds. The lowest BCUT2D eigenvalue weighted by atomic mass is 10.0. The van der Waals surface area contributed by atoms with E-state index in [0.717, 1.165) is 17.5 Å². The van der Waals surface area contributed by atoms with Crippen molar-refractivity contribution in [3.05, 3.63) is 71.5 Å². The molecule has 0 unspecified atom stereocenters. The number of likely N-dealkylation sites (N-methyl/N-ethyl adjacent to an activating group) is 1. The van der Waals surface area contributed by atoms with Gasteiger partial charge >= 0.3 is 6.03 Å². The molecule has 0 saturated carbocycles. The first kappa shape index (κ1) is 23.7. The van der Waals surface area contributed by atoms with Crippen molar-refractivity contribution < 1.29 is 18.8 Å². The minimum absolute atomic E-state index is 0.00660. The number of halogens is 1. The molecule has 180 valence electrons. The second-order valence-corrected chi connectivity index (χ2v) is 8.74. The van der Waals surface area contributed by atoms with Crippen LogP contribution in [0.1, 0.15) is 30.9 Å². The van der Waals surface area contributed by atoms with Crippen LogP contribution in [0.4, 0.5) is 9.18 Å². The summed E-state index contributed by atoms with van der Waals surface area (Å²) in [6, 6.07) is 14.6. The molecule has 2 saturated heterocycles. The number of fused-ring (bicyclic) bond motifs is 1. The topological polar surface area (TPSA) is 76.2 Å². The minimum atomic E-state index is -0.613. The van der Waals surface area contributed by atoms with Crippen molar-refractivity contribution >= 4 is 17.8 Å². The van der Waals surface area contributed by atoms with Crippen LogP contribution >= 0.6 is 0 Å². The van der Waals surface area contributed by atoms with Crippen molar-refractivity contribution in [3.63, 3.8) is 0 Å². The Hall–Kier alpha value is -3.46. The molecule has 9 heteroatoms. The fourth-order valence-electron chi connectivity index (χ4n) is 4.66. The highest BCUT2D eigenvalue weighted by atomic mass is 19.1. The molecular formula is C25H30FN5O3. The molecule has 0 radical (unpaired) electrons. The van der Waals surface area contributed by atoms with Gasteiger partial charge in [-0.2, -0.15) is 0 Å². The van der Waals surface area contributed by atoms with Gasteiger partial charge in [-0.25, -0.2) is 19.2 Å². The Morgan fingerprint density at radius 1 is 1.06 bits per heavy atom. The van der Waals surface area contributed by atoms with Crippen LogP contribution in [0.3, 0.4) is 0 Å². The lowest BCUT2D eigenvalue weighted by Gasteiger charge is -2.54. The van der Waals surface area contributed by atoms with E-state index in [2.05, 4.69) is 5.32 Å². The Kier molecular flexibility index (Phi) is 7.12. The van der Waals surface area contributed by atoms with Gasteiger partial charge in [0, 0.05) is 20.1 Å². The number of rotatable bonds is 6. The van der Waals surface area contributed by atoms with Gasteiger partial charge in [-0.3, -0.25) is 9.59 Å². The van der Waals surface area contributed by atoms with Gasteiger partial charge in [-0.1, -0.05) is 55.8 Å². The molecule has 4 rings (SSSR count). The van der Waals surface area contributed by atoms with Crippen molar-refractivity contribution in [1.82, 2.24) is 25.1 Å². The standard InChI is InChI=1S/C25H30FN5O3/c1-3-7-21-24(33)29(15-19-8-5-4-6-9-19)16-22-30(21)23(32)17-28(2)31(22)25(34)27-14-18-10-12-20(26)13-11-18/h4-6,8-13,21-22H,3,7,14-17H2,1-2H3,(H,27,34)/t21-,22-/m0/s1. The number of carbonyl (C=O) groups excluding carboxylic acids is 3. The average Bonchev–Trinajstić information content (AvgIpc) is 2.82. The molecule has 0 spiro atoms. The number of carbonyl (C=O) groups is 3. The van der Waals surface area contributed by atoms with Crippen molar-refractivity contribution in [3.8, 4) is 0 Å². The molecule has 2 fully saturated rings. The maximum absolute atomic E-state index is 13.4. The van der Waals surface area contributed by atoms with Crippen molar-refractivity contribution in [2.45, 2.75) is 45.1 Å². The van der Waals surface area contributed by atoms with Crippen LogP contribution in [-0.4, -0.2) is 70.0 Å². The zero-order valence-electron chi connectivity index (χ0n) is 19.5. The quantitative estimate of drug-likeness (QED) is 0.709. The Labute approximate surface area is 198 Å². The van der Waals surface area contributed by atoms with Gasteiger partial charge in [0.15, 0.2) is 0 Å². The third kappa shape index (κ3) is 4.89. The summed E-state index contributed by atoms with van der Waals surface area (Å²) in [5, 5.41) is 6.00. The summed E-state index contributed by atoms with van der Waals surface area (Å²) in [6.07, 6.45) is 0.650. The molecule has 0 aromatic heterocycles. The van der Waals surface area contributed by atoms with Crippen LogP contribution in [0.2, 0.25) is 0 Å². The number of hydrazine groups is 1. The fourth-order valence-corrected chi connectivity index (χ4v) is 4.66. The number of benzene rings is 2. The van der Waals surface area contributed by atoms with Gasteiger partial charge in [0.05, 0.1) is 13.1 Å². The summed E-state index contributed by atoms with van der Waals surface area (Å²) in [6.45, 7) is 2.83. The first-order chi connectivity index (χ1) is 16.4. The first-order valence-electron chi connectivity index (χ1n) is 11.6. The first-order valence-corrected chi connectivity index (χ1v) is 11.6. The Morgan fingerprint density at radius 3 is 2.44 bits per heavy atom. The number of nitrogens with zero attached hydrogens (tertiary/aromatic N) is 4. The molecule has 1 N–H and O–H groups in total. The molecule has 2 atom stereocenters. The molecule has 2 aliphatic heterocycles. The maximum atomic E-state index is 13.4. The van der Waals surface area contributed by atoms with Crippen LogP contribution in [-0.2, 0) is 22.7 Å². The van der Waals surface area contributed by atoms with E-state index in [1.165, 1.54) is 17.1 Å². The zero-order chi connectivity index (χ0) is 24.2. The molecule has 8 nitrogen and oxygen atoms in total. The van der Waals surface area contributed by atoms with Crippen LogP contribution in [0.25, 0.3) is 0 Å². The minimum Gasteiger partial charge on any atom is -0.333 e. The van der Waals surface area contributed by atoms with Crippen molar-refractivity contribution in [1.29, 1.82) is 0 Å². The Morgan fingerprint density at radius 2 is 1.76 bits per heavy atom. The summed E-state index contributed by atoms with van der Waals surface area (Å²) in [4.78, 5) is 43.0. The van der Waals surface area contributed by atoms with E-state index in [1.807, 2.05) is 37.3 Å². The van der Waals surface area contributed by atoms with Gasteiger partial charge in [-0.05, 0) is 29.7 Å². The zero-order valence-corrected chi connectivity index (χ0v) is 19.5. The van der Waals surface area contributed by atoms with E-state index in [0.29, 0.717) is 13.0 Å². The van der Waals surface area contributed by atoms with Crippen molar-refractivity contribution in [2.24, 2.45) is 0 Å². The lowest BCUT2D eigenvalue weighted by Crippen LogP contribution is -2.75.